The molecule has 1 aromatic carbocycles. The van der Waals surface area contributed by atoms with E-state index in [4.69, 9.17) is 5.11 Å². The van der Waals surface area contributed by atoms with Crippen LogP contribution in [0.4, 0.5) is 0 Å². The average molecular weight is 291 g/mol. The molecule has 1 saturated heterocycles. The van der Waals surface area contributed by atoms with Gasteiger partial charge >= 0.3 is 0 Å². The van der Waals surface area contributed by atoms with Crippen molar-refractivity contribution >= 4 is 16.7 Å². The number of benzene rings is 1. The number of aliphatic hydroxyl groups excluding tert-OH is 1. The average Bonchev–Trinajstić information content (AvgIpc) is 2.48. The van der Waals surface area contributed by atoms with E-state index in [1.54, 1.807) is 29.2 Å². The first-order chi connectivity index (χ1) is 9.70. The van der Waals surface area contributed by atoms with Gasteiger partial charge in [-0.15, -0.1) is 0 Å². The van der Waals surface area contributed by atoms with Crippen molar-refractivity contribution < 1.29 is 14.1 Å². The lowest BCUT2D eigenvalue weighted by Crippen LogP contribution is -2.41. The van der Waals surface area contributed by atoms with E-state index in [1.165, 1.54) is 0 Å². The Morgan fingerprint density at radius 3 is 2.50 bits per heavy atom. The molecule has 1 amide bonds. The molecule has 1 heterocycles. The summed E-state index contributed by atoms with van der Waals surface area (Å²) in [4.78, 5) is 14.0. The highest BCUT2D eigenvalue weighted by Crippen LogP contribution is 2.10. The summed E-state index contributed by atoms with van der Waals surface area (Å²) in [6.07, 6.45) is 0.450. The van der Waals surface area contributed by atoms with Gasteiger partial charge in [0.15, 0.2) is 0 Å². The van der Waals surface area contributed by atoms with Crippen LogP contribution < -0.4 is 0 Å². The van der Waals surface area contributed by atoms with E-state index in [0.717, 1.165) is 5.56 Å². The number of nitrogens with zero attached hydrogens (tertiary/aromatic N) is 1. The van der Waals surface area contributed by atoms with Crippen LogP contribution in [0.3, 0.4) is 0 Å². The van der Waals surface area contributed by atoms with Crippen LogP contribution in [0.1, 0.15) is 22.3 Å². The highest BCUT2D eigenvalue weighted by Gasteiger charge is 2.20. The molecule has 0 atom stereocenters. The van der Waals surface area contributed by atoms with Gasteiger partial charge in [0, 0.05) is 52.9 Å². The molecule has 1 aliphatic heterocycles. The SMILES string of the molecule is O=C(c1ccc(C#CCCO)cc1)N1CCS(=O)CC1. The molecule has 20 heavy (non-hydrogen) atoms. The van der Waals surface area contributed by atoms with Crippen LogP contribution in [0.5, 0.6) is 0 Å². The number of hydrogen-bond donors (Lipinski definition) is 1. The molecule has 0 radical (unpaired) electrons. The van der Waals surface area contributed by atoms with Gasteiger partial charge in [-0.3, -0.25) is 9.00 Å². The Morgan fingerprint density at radius 2 is 1.90 bits per heavy atom. The molecular formula is C15H17NO3S. The van der Waals surface area contributed by atoms with Crippen molar-refractivity contribution in [3.63, 3.8) is 0 Å². The Bertz CT molecular complexity index is 547. The maximum Gasteiger partial charge on any atom is 0.253 e. The minimum absolute atomic E-state index is 0.0171. The molecule has 0 saturated carbocycles. The fraction of sp³-hybridized carbons (Fsp3) is 0.400. The molecule has 0 aromatic heterocycles. The van der Waals surface area contributed by atoms with Crippen LogP contribution in [0.15, 0.2) is 24.3 Å². The molecule has 106 valence electrons. The minimum atomic E-state index is -0.775. The molecular weight excluding hydrogens is 274 g/mol. The van der Waals surface area contributed by atoms with E-state index in [9.17, 15) is 9.00 Å². The zero-order valence-corrected chi connectivity index (χ0v) is 12.0. The first-order valence-electron chi connectivity index (χ1n) is 6.55. The van der Waals surface area contributed by atoms with Crippen molar-refractivity contribution in [2.24, 2.45) is 0 Å². The molecule has 1 fully saturated rings. The lowest BCUT2D eigenvalue weighted by Gasteiger charge is -2.26. The van der Waals surface area contributed by atoms with E-state index in [-0.39, 0.29) is 12.5 Å². The maximum absolute atomic E-state index is 12.2. The summed E-state index contributed by atoms with van der Waals surface area (Å²) in [6.45, 7) is 1.17. The third kappa shape index (κ3) is 3.92. The number of rotatable bonds is 2. The summed E-state index contributed by atoms with van der Waals surface area (Å²) in [5.41, 5.74) is 1.46. The van der Waals surface area contributed by atoms with Crippen molar-refractivity contribution in [3.8, 4) is 11.8 Å². The molecule has 1 N–H and O–H groups in total. The first-order valence-corrected chi connectivity index (χ1v) is 8.03. The first kappa shape index (κ1) is 14.8. The molecule has 0 spiro atoms. The standard InChI is InChI=1S/C15H17NO3S/c17-10-2-1-3-13-4-6-14(7-5-13)15(18)16-8-11-20(19)12-9-16/h4-7,17H,2,8-12H2. The normalized spacial score (nSPS) is 15.6. The number of aliphatic hydroxyl groups is 1. The molecule has 0 bridgehead atoms. The van der Waals surface area contributed by atoms with Gasteiger partial charge in [-0.1, -0.05) is 11.8 Å². The molecule has 1 aliphatic rings. The van der Waals surface area contributed by atoms with Gasteiger partial charge in [0.05, 0.1) is 6.61 Å². The molecule has 2 rings (SSSR count). The van der Waals surface area contributed by atoms with Gasteiger partial charge < -0.3 is 10.0 Å². The fourth-order valence-electron chi connectivity index (χ4n) is 1.94. The van der Waals surface area contributed by atoms with Crippen molar-refractivity contribution in [1.29, 1.82) is 0 Å². The van der Waals surface area contributed by atoms with Crippen molar-refractivity contribution in [3.05, 3.63) is 35.4 Å². The maximum atomic E-state index is 12.2. The Hall–Kier alpha value is -1.64. The van der Waals surface area contributed by atoms with E-state index in [0.29, 0.717) is 36.6 Å². The number of carbonyl (C=O) groups excluding carboxylic acids is 1. The third-order valence-corrected chi connectivity index (χ3v) is 4.34. The highest BCUT2D eigenvalue weighted by atomic mass is 32.2. The second-order valence-corrected chi connectivity index (χ2v) is 6.19. The van der Waals surface area contributed by atoms with Gasteiger partial charge in [0.2, 0.25) is 0 Å². The van der Waals surface area contributed by atoms with Crippen LogP contribution in [0, 0.1) is 11.8 Å². The summed E-state index contributed by atoms with van der Waals surface area (Å²) >= 11 is 0. The summed E-state index contributed by atoms with van der Waals surface area (Å²) in [5, 5.41) is 8.65. The number of amides is 1. The van der Waals surface area contributed by atoms with Crippen molar-refractivity contribution in [2.75, 3.05) is 31.2 Å². The zero-order chi connectivity index (χ0) is 14.4. The Kier molecular flexibility index (Phi) is 5.33. The topological polar surface area (TPSA) is 57.6 Å². The lowest BCUT2D eigenvalue weighted by atomic mass is 10.1. The Balaban J connectivity index is 2.01. The van der Waals surface area contributed by atoms with E-state index in [2.05, 4.69) is 11.8 Å². The van der Waals surface area contributed by atoms with Gasteiger partial charge in [-0.05, 0) is 24.3 Å². The minimum Gasteiger partial charge on any atom is -0.395 e. The van der Waals surface area contributed by atoms with E-state index in [1.807, 2.05) is 0 Å². The summed E-state index contributed by atoms with van der Waals surface area (Å²) in [6, 6.07) is 7.13. The van der Waals surface area contributed by atoms with Crippen LogP contribution >= 0.6 is 0 Å². The van der Waals surface area contributed by atoms with Crippen molar-refractivity contribution in [2.45, 2.75) is 6.42 Å². The lowest BCUT2D eigenvalue weighted by molar-refractivity contribution is 0.0771. The monoisotopic (exact) mass is 291 g/mol. The van der Waals surface area contributed by atoms with Gasteiger partial charge in [-0.25, -0.2) is 0 Å². The molecule has 0 aliphatic carbocycles. The van der Waals surface area contributed by atoms with Crippen LogP contribution in [0.2, 0.25) is 0 Å². The summed E-state index contributed by atoms with van der Waals surface area (Å²) < 4.78 is 11.3. The second kappa shape index (κ2) is 7.22. The van der Waals surface area contributed by atoms with Gasteiger partial charge in [0.25, 0.3) is 5.91 Å². The number of hydrogen-bond acceptors (Lipinski definition) is 3. The van der Waals surface area contributed by atoms with Gasteiger partial charge in [-0.2, -0.15) is 0 Å². The van der Waals surface area contributed by atoms with Crippen LogP contribution in [-0.2, 0) is 10.8 Å². The summed E-state index contributed by atoms with van der Waals surface area (Å²) in [7, 11) is -0.775. The van der Waals surface area contributed by atoms with Gasteiger partial charge in [0.1, 0.15) is 0 Å². The smallest absolute Gasteiger partial charge is 0.253 e. The highest BCUT2D eigenvalue weighted by molar-refractivity contribution is 7.85. The fourth-order valence-corrected chi connectivity index (χ4v) is 2.99. The Morgan fingerprint density at radius 1 is 1.25 bits per heavy atom. The van der Waals surface area contributed by atoms with Crippen molar-refractivity contribution in [1.82, 2.24) is 4.90 Å². The predicted octanol–water partition coefficient (Wildman–Crippen LogP) is 0.625. The predicted molar refractivity (Wildman–Crippen MR) is 78.8 cm³/mol. The van der Waals surface area contributed by atoms with Crippen LogP contribution in [-0.4, -0.2) is 51.3 Å². The number of carbonyl (C=O) groups is 1. The molecule has 5 heteroatoms. The van der Waals surface area contributed by atoms with E-state index >= 15 is 0 Å². The largest absolute Gasteiger partial charge is 0.395 e. The molecule has 4 nitrogen and oxygen atoms in total. The van der Waals surface area contributed by atoms with E-state index < -0.39 is 10.8 Å². The third-order valence-electron chi connectivity index (χ3n) is 3.07. The zero-order valence-electron chi connectivity index (χ0n) is 11.2. The summed E-state index contributed by atoms with van der Waals surface area (Å²) in [5.74, 6) is 6.88. The second-order valence-electron chi connectivity index (χ2n) is 4.49. The molecule has 0 unspecified atom stereocenters. The van der Waals surface area contributed by atoms with Crippen LogP contribution in [0.25, 0.3) is 0 Å². The molecule has 1 aromatic rings. The Labute approximate surface area is 121 Å². The quantitative estimate of drug-likeness (QED) is 0.813.